The first kappa shape index (κ1) is 12.6. The molecule has 1 fully saturated rings. The molecule has 1 aliphatic rings. The fourth-order valence-electron chi connectivity index (χ4n) is 2.64. The van der Waals surface area contributed by atoms with Gasteiger partial charge in [0.1, 0.15) is 5.76 Å². The molecule has 1 aromatic heterocycles. The Balaban J connectivity index is 2.04. The van der Waals surface area contributed by atoms with Crippen LogP contribution in [0.5, 0.6) is 0 Å². The number of hydrogen-bond acceptors (Lipinski definition) is 4. The van der Waals surface area contributed by atoms with Crippen LogP contribution in [0.2, 0.25) is 0 Å². The normalized spacial score (nSPS) is 26.4. The van der Waals surface area contributed by atoms with Gasteiger partial charge in [-0.05, 0) is 33.2 Å². The Morgan fingerprint density at radius 1 is 1.47 bits per heavy atom. The van der Waals surface area contributed by atoms with E-state index in [1.165, 1.54) is 5.56 Å². The topological polar surface area (TPSA) is 49.5 Å². The summed E-state index contributed by atoms with van der Waals surface area (Å²) in [5, 5.41) is 13.4. The Hall–Kier alpha value is -0.870. The van der Waals surface area contributed by atoms with Crippen molar-refractivity contribution in [2.45, 2.75) is 40.2 Å². The minimum atomic E-state index is 0.0528. The van der Waals surface area contributed by atoms with Crippen LogP contribution in [0.25, 0.3) is 0 Å². The lowest BCUT2D eigenvalue weighted by molar-refractivity contribution is 0.0427. The third kappa shape index (κ3) is 2.69. The molecule has 96 valence electrons. The number of aromatic nitrogens is 1. The van der Waals surface area contributed by atoms with Gasteiger partial charge in [0.05, 0.1) is 5.69 Å². The van der Waals surface area contributed by atoms with Crippen LogP contribution in [0.4, 0.5) is 0 Å². The highest BCUT2D eigenvalue weighted by atomic mass is 16.5. The van der Waals surface area contributed by atoms with Crippen molar-refractivity contribution in [1.82, 2.24) is 10.1 Å². The first-order valence-electron chi connectivity index (χ1n) is 6.29. The first-order chi connectivity index (χ1) is 8.04. The second-order valence-electron chi connectivity index (χ2n) is 5.59. The summed E-state index contributed by atoms with van der Waals surface area (Å²) in [6.45, 7) is 9.31. The predicted octanol–water partition coefficient (Wildman–Crippen LogP) is 1.89. The van der Waals surface area contributed by atoms with Gasteiger partial charge in [0.25, 0.3) is 0 Å². The second kappa shape index (κ2) is 4.78. The van der Waals surface area contributed by atoms with Crippen molar-refractivity contribution >= 4 is 0 Å². The fraction of sp³-hybridized carbons (Fsp3) is 0.769. The van der Waals surface area contributed by atoms with E-state index in [2.05, 4.69) is 17.0 Å². The molecule has 1 atom stereocenters. The van der Waals surface area contributed by atoms with E-state index in [9.17, 15) is 5.11 Å². The molecule has 1 saturated heterocycles. The van der Waals surface area contributed by atoms with Crippen LogP contribution in [0.15, 0.2) is 4.52 Å². The summed E-state index contributed by atoms with van der Waals surface area (Å²) < 4.78 is 5.19. The number of hydrogen-bond donors (Lipinski definition) is 1. The highest BCUT2D eigenvalue weighted by Gasteiger charge is 2.30. The molecule has 0 spiro atoms. The molecule has 4 nitrogen and oxygen atoms in total. The molecular formula is C13H22N2O2. The van der Waals surface area contributed by atoms with Crippen molar-refractivity contribution in [3.05, 3.63) is 17.0 Å². The van der Waals surface area contributed by atoms with Gasteiger partial charge < -0.3 is 9.63 Å². The Bertz CT molecular complexity index is 369. The number of nitrogens with zero attached hydrogens (tertiary/aromatic N) is 2. The van der Waals surface area contributed by atoms with Gasteiger partial charge in [-0.3, -0.25) is 4.90 Å². The van der Waals surface area contributed by atoms with Crippen LogP contribution in [0.3, 0.4) is 0 Å². The molecule has 2 heterocycles. The zero-order chi connectivity index (χ0) is 12.5. The molecule has 4 heteroatoms. The van der Waals surface area contributed by atoms with Crippen molar-refractivity contribution in [1.29, 1.82) is 0 Å². The first-order valence-corrected chi connectivity index (χ1v) is 6.29. The van der Waals surface area contributed by atoms with Crippen molar-refractivity contribution in [3.63, 3.8) is 0 Å². The van der Waals surface area contributed by atoms with Gasteiger partial charge in [-0.25, -0.2) is 0 Å². The molecule has 0 bridgehead atoms. The van der Waals surface area contributed by atoms with Gasteiger partial charge in [0.15, 0.2) is 0 Å². The van der Waals surface area contributed by atoms with Gasteiger partial charge in [-0.1, -0.05) is 12.1 Å². The Kier molecular flexibility index (Phi) is 3.54. The summed E-state index contributed by atoms with van der Waals surface area (Å²) in [7, 11) is 0. The quantitative estimate of drug-likeness (QED) is 0.873. The molecule has 0 saturated carbocycles. The lowest BCUT2D eigenvalue weighted by atomic mass is 9.82. The highest BCUT2D eigenvalue weighted by Crippen LogP contribution is 2.30. The third-order valence-electron chi connectivity index (χ3n) is 3.80. The molecule has 0 aliphatic carbocycles. The molecule has 0 radical (unpaired) electrons. The molecule has 1 N–H and O–H groups in total. The molecule has 0 amide bonds. The minimum absolute atomic E-state index is 0.0528. The molecule has 0 aromatic carbocycles. The second-order valence-corrected chi connectivity index (χ2v) is 5.59. The highest BCUT2D eigenvalue weighted by molar-refractivity contribution is 5.20. The number of aliphatic hydroxyl groups excluding tert-OH is 1. The van der Waals surface area contributed by atoms with Crippen molar-refractivity contribution in [2.75, 3.05) is 19.7 Å². The predicted molar refractivity (Wildman–Crippen MR) is 65.7 cm³/mol. The van der Waals surface area contributed by atoms with E-state index in [4.69, 9.17) is 4.52 Å². The maximum absolute atomic E-state index is 9.45. The standard InChI is InChI=1S/C13H22N2O2/c1-10-12(11(2)17-14-10)7-15-6-4-5-13(3,8-15)9-16/h16H,4-9H2,1-3H3. The summed E-state index contributed by atoms with van der Waals surface area (Å²) in [5.41, 5.74) is 2.24. The molecule has 1 unspecified atom stereocenters. The van der Waals surface area contributed by atoms with Crippen LogP contribution >= 0.6 is 0 Å². The van der Waals surface area contributed by atoms with Crippen molar-refractivity contribution in [3.8, 4) is 0 Å². The number of aliphatic hydroxyl groups is 1. The van der Waals surface area contributed by atoms with Gasteiger partial charge >= 0.3 is 0 Å². The van der Waals surface area contributed by atoms with Crippen LogP contribution in [0.1, 0.15) is 36.8 Å². The van der Waals surface area contributed by atoms with E-state index >= 15 is 0 Å². The smallest absolute Gasteiger partial charge is 0.138 e. The van der Waals surface area contributed by atoms with E-state index in [-0.39, 0.29) is 12.0 Å². The lowest BCUT2D eigenvalue weighted by Crippen LogP contribution is -2.43. The summed E-state index contributed by atoms with van der Waals surface area (Å²) in [4.78, 5) is 2.40. The van der Waals surface area contributed by atoms with Gasteiger partial charge in [0.2, 0.25) is 0 Å². The molecule has 1 aromatic rings. The summed E-state index contributed by atoms with van der Waals surface area (Å²) in [5.74, 6) is 0.916. The van der Waals surface area contributed by atoms with Gasteiger partial charge in [-0.2, -0.15) is 0 Å². The number of likely N-dealkylation sites (tertiary alicyclic amines) is 1. The summed E-state index contributed by atoms with van der Waals surface area (Å²) in [6.07, 6.45) is 2.27. The number of rotatable bonds is 3. The van der Waals surface area contributed by atoms with Crippen LogP contribution in [0, 0.1) is 19.3 Å². The van der Waals surface area contributed by atoms with E-state index < -0.39 is 0 Å². The minimum Gasteiger partial charge on any atom is -0.396 e. The fourth-order valence-corrected chi connectivity index (χ4v) is 2.64. The molecule has 2 rings (SSSR count). The molecule has 1 aliphatic heterocycles. The zero-order valence-electron chi connectivity index (χ0n) is 11.0. The SMILES string of the molecule is Cc1noc(C)c1CN1CCCC(C)(CO)C1. The van der Waals surface area contributed by atoms with E-state index in [1.54, 1.807) is 0 Å². The van der Waals surface area contributed by atoms with Crippen LogP contribution in [-0.2, 0) is 6.54 Å². The molecular weight excluding hydrogens is 216 g/mol. The van der Waals surface area contributed by atoms with Crippen molar-refractivity contribution < 1.29 is 9.63 Å². The van der Waals surface area contributed by atoms with Crippen molar-refractivity contribution in [2.24, 2.45) is 5.41 Å². The zero-order valence-corrected chi connectivity index (χ0v) is 11.0. The average molecular weight is 238 g/mol. The maximum Gasteiger partial charge on any atom is 0.138 e. The van der Waals surface area contributed by atoms with Gasteiger partial charge in [0, 0.05) is 30.7 Å². The van der Waals surface area contributed by atoms with Crippen LogP contribution < -0.4 is 0 Å². The summed E-state index contributed by atoms with van der Waals surface area (Å²) >= 11 is 0. The largest absolute Gasteiger partial charge is 0.396 e. The Morgan fingerprint density at radius 2 is 2.24 bits per heavy atom. The van der Waals surface area contributed by atoms with Crippen LogP contribution in [-0.4, -0.2) is 34.9 Å². The number of aryl methyl sites for hydroxylation is 2. The van der Waals surface area contributed by atoms with E-state index in [1.807, 2.05) is 13.8 Å². The maximum atomic E-state index is 9.45. The average Bonchev–Trinajstić information content (AvgIpc) is 2.61. The molecule has 17 heavy (non-hydrogen) atoms. The van der Waals surface area contributed by atoms with E-state index in [0.29, 0.717) is 0 Å². The Labute approximate surface area is 103 Å². The van der Waals surface area contributed by atoms with Gasteiger partial charge in [-0.15, -0.1) is 0 Å². The third-order valence-corrected chi connectivity index (χ3v) is 3.80. The lowest BCUT2D eigenvalue weighted by Gasteiger charge is -2.39. The number of piperidine rings is 1. The summed E-state index contributed by atoms with van der Waals surface area (Å²) in [6, 6.07) is 0. The Morgan fingerprint density at radius 3 is 2.82 bits per heavy atom. The van der Waals surface area contributed by atoms with E-state index in [0.717, 1.165) is 43.9 Å². The monoisotopic (exact) mass is 238 g/mol.